The molecule has 2 aromatic heterocycles. The topological polar surface area (TPSA) is 109 Å². The standard InChI is InChI=1S/C16H16ClN3O4S2/c1-2-6-25(21,22)20-12-4-3-5-13(8-12)26(23,24)15-10-19-16-14(15)7-11(17)9-18-16/h3-5,7-10,20H,2,6H2,1H3,(H,18,19). The Hall–Kier alpha value is -2.10. The number of hydrogen-bond donors (Lipinski definition) is 2. The second-order valence-corrected chi connectivity index (χ2v) is 9.85. The Kier molecular flexibility index (Phi) is 4.96. The van der Waals surface area contributed by atoms with E-state index in [0.717, 1.165) is 0 Å². The van der Waals surface area contributed by atoms with E-state index in [2.05, 4.69) is 14.7 Å². The van der Waals surface area contributed by atoms with E-state index in [9.17, 15) is 16.8 Å². The van der Waals surface area contributed by atoms with Crippen molar-refractivity contribution in [1.29, 1.82) is 0 Å². The van der Waals surface area contributed by atoms with E-state index in [-0.39, 0.29) is 21.2 Å². The lowest BCUT2D eigenvalue weighted by Gasteiger charge is -2.09. The summed E-state index contributed by atoms with van der Waals surface area (Å²) in [5, 5.41) is 0.684. The van der Waals surface area contributed by atoms with Crippen LogP contribution in [0.3, 0.4) is 0 Å². The van der Waals surface area contributed by atoms with Crippen molar-refractivity contribution >= 4 is 48.2 Å². The summed E-state index contributed by atoms with van der Waals surface area (Å²) in [6.45, 7) is 1.75. The Morgan fingerprint density at radius 2 is 1.96 bits per heavy atom. The van der Waals surface area contributed by atoms with Gasteiger partial charge < -0.3 is 4.98 Å². The van der Waals surface area contributed by atoms with Gasteiger partial charge in [-0.2, -0.15) is 0 Å². The van der Waals surface area contributed by atoms with Crippen LogP contribution in [0.25, 0.3) is 11.0 Å². The fraction of sp³-hybridized carbons (Fsp3) is 0.188. The molecule has 2 heterocycles. The van der Waals surface area contributed by atoms with Crippen molar-refractivity contribution in [2.45, 2.75) is 23.1 Å². The van der Waals surface area contributed by atoms with Gasteiger partial charge in [-0.05, 0) is 30.7 Å². The van der Waals surface area contributed by atoms with Gasteiger partial charge in [-0.15, -0.1) is 0 Å². The number of nitrogens with zero attached hydrogens (tertiary/aromatic N) is 1. The molecule has 0 radical (unpaired) electrons. The average Bonchev–Trinajstić information content (AvgIpc) is 2.98. The minimum absolute atomic E-state index is 0.0241. The second-order valence-electron chi connectivity index (χ2n) is 5.65. The summed E-state index contributed by atoms with van der Waals surface area (Å²) >= 11 is 5.92. The molecule has 0 atom stereocenters. The van der Waals surface area contributed by atoms with E-state index in [1.54, 1.807) is 6.92 Å². The highest BCUT2D eigenvalue weighted by Crippen LogP contribution is 2.30. The Balaban J connectivity index is 2.05. The molecule has 0 bridgehead atoms. The first-order valence-electron chi connectivity index (χ1n) is 7.71. The molecule has 7 nitrogen and oxygen atoms in total. The fourth-order valence-corrected chi connectivity index (χ4v) is 5.27. The number of pyridine rings is 1. The van der Waals surface area contributed by atoms with Crippen LogP contribution >= 0.6 is 11.6 Å². The largest absolute Gasteiger partial charge is 0.345 e. The summed E-state index contributed by atoms with van der Waals surface area (Å²) in [6.07, 6.45) is 3.22. The average molecular weight is 414 g/mol. The van der Waals surface area contributed by atoms with Gasteiger partial charge in [0.1, 0.15) is 5.65 Å². The molecule has 2 N–H and O–H groups in total. The van der Waals surface area contributed by atoms with Gasteiger partial charge in [0.15, 0.2) is 0 Å². The quantitative estimate of drug-likeness (QED) is 0.644. The van der Waals surface area contributed by atoms with Crippen LogP contribution < -0.4 is 4.72 Å². The molecule has 10 heteroatoms. The predicted molar refractivity (Wildman–Crippen MR) is 101 cm³/mol. The fourth-order valence-electron chi connectivity index (χ4n) is 2.53. The highest BCUT2D eigenvalue weighted by atomic mass is 35.5. The molecule has 26 heavy (non-hydrogen) atoms. The third kappa shape index (κ3) is 3.69. The van der Waals surface area contributed by atoms with Crippen molar-refractivity contribution in [2.75, 3.05) is 10.5 Å². The van der Waals surface area contributed by atoms with Crippen molar-refractivity contribution in [2.24, 2.45) is 0 Å². The molecular formula is C16H16ClN3O4S2. The molecule has 3 rings (SSSR count). The van der Waals surface area contributed by atoms with Gasteiger partial charge in [0.05, 0.1) is 20.6 Å². The number of H-pyrrole nitrogens is 1. The van der Waals surface area contributed by atoms with Crippen LogP contribution in [0.15, 0.2) is 52.5 Å². The maximum Gasteiger partial charge on any atom is 0.232 e. The maximum absolute atomic E-state index is 13.0. The molecule has 1 aromatic carbocycles. The van der Waals surface area contributed by atoms with Gasteiger partial charge in [0.2, 0.25) is 19.9 Å². The normalized spacial score (nSPS) is 12.4. The van der Waals surface area contributed by atoms with Gasteiger partial charge in [-0.1, -0.05) is 24.6 Å². The Morgan fingerprint density at radius 3 is 2.69 bits per heavy atom. The van der Waals surface area contributed by atoms with Crippen molar-refractivity contribution < 1.29 is 16.8 Å². The van der Waals surface area contributed by atoms with Crippen LogP contribution in [0, 0.1) is 0 Å². The van der Waals surface area contributed by atoms with Crippen molar-refractivity contribution in [3.8, 4) is 0 Å². The highest BCUT2D eigenvalue weighted by Gasteiger charge is 2.23. The van der Waals surface area contributed by atoms with Gasteiger partial charge >= 0.3 is 0 Å². The molecule has 0 fully saturated rings. The van der Waals surface area contributed by atoms with Gasteiger partial charge in [-0.25, -0.2) is 21.8 Å². The van der Waals surface area contributed by atoms with E-state index < -0.39 is 19.9 Å². The first kappa shape index (κ1) is 18.7. The molecule has 0 unspecified atom stereocenters. The number of anilines is 1. The summed E-state index contributed by atoms with van der Waals surface area (Å²) in [4.78, 5) is 6.84. The number of aromatic amines is 1. The molecule has 0 amide bonds. The predicted octanol–water partition coefficient (Wildman–Crippen LogP) is 3.20. The summed E-state index contributed by atoms with van der Waals surface area (Å²) < 4.78 is 52.2. The Bertz CT molecular complexity index is 1170. The molecule has 0 aliphatic carbocycles. The number of benzene rings is 1. The van der Waals surface area contributed by atoms with Gasteiger partial charge in [0.25, 0.3) is 0 Å². The smallest absolute Gasteiger partial charge is 0.232 e. The van der Waals surface area contributed by atoms with Crippen molar-refractivity contribution in [1.82, 2.24) is 9.97 Å². The summed E-state index contributed by atoms with van der Waals surface area (Å²) in [5.41, 5.74) is 0.586. The van der Waals surface area contributed by atoms with Crippen molar-refractivity contribution in [3.05, 3.63) is 47.7 Å². The van der Waals surface area contributed by atoms with E-state index in [0.29, 0.717) is 22.5 Å². The number of halogens is 1. The first-order chi connectivity index (χ1) is 12.2. The molecule has 3 aromatic rings. The SMILES string of the molecule is CCCS(=O)(=O)Nc1cccc(S(=O)(=O)c2c[nH]c3ncc(Cl)cc23)c1. The highest BCUT2D eigenvalue weighted by molar-refractivity contribution is 7.92. The number of hydrogen-bond acceptors (Lipinski definition) is 5. The van der Waals surface area contributed by atoms with Gasteiger partial charge in [0, 0.05) is 23.5 Å². The number of sulfone groups is 1. The van der Waals surface area contributed by atoms with E-state index in [4.69, 9.17) is 11.6 Å². The molecule has 138 valence electrons. The third-order valence-electron chi connectivity index (χ3n) is 3.64. The minimum atomic E-state index is -3.89. The number of aromatic nitrogens is 2. The van der Waals surface area contributed by atoms with Crippen LogP contribution in [-0.4, -0.2) is 32.6 Å². The summed E-state index contributed by atoms with van der Waals surface area (Å²) in [5.74, 6) is -0.0450. The number of sulfonamides is 1. The molecule has 0 saturated carbocycles. The number of nitrogens with one attached hydrogen (secondary N) is 2. The minimum Gasteiger partial charge on any atom is -0.345 e. The first-order valence-corrected chi connectivity index (χ1v) is 11.2. The number of fused-ring (bicyclic) bond motifs is 1. The van der Waals surface area contributed by atoms with Gasteiger partial charge in [-0.3, -0.25) is 4.72 Å². The van der Waals surface area contributed by atoms with E-state index >= 15 is 0 Å². The van der Waals surface area contributed by atoms with Crippen LogP contribution in [-0.2, 0) is 19.9 Å². The van der Waals surface area contributed by atoms with Crippen LogP contribution in [0.1, 0.15) is 13.3 Å². The Morgan fingerprint density at radius 1 is 1.19 bits per heavy atom. The zero-order valence-electron chi connectivity index (χ0n) is 13.7. The van der Waals surface area contributed by atoms with Crippen LogP contribution in [0.4, 0.5) is 5.69 Å². The molecule has 0 spiro atoms. The zero-order chi connectivity index (χ0) is 18.9. The Labute approximate surface area is 156 Å². The lowest BCUT2D eigenvalue weighted by molar-refractivity contribution is 0.595. The second kappa shape index (κ2) is 6.90. The summed E-state index contributed by atoms with van der Waals surface area (Å²) in [7, 11) is -7.41. The molecule has 0 aliphatic rings. The third-order valence-corrected chi connectivity index (χ3v) is 7.13. The van der Waals surface area contributed by atoms with E-state index in [1.165, 1.54) is 42.7 Å². The van der Waals surface area contributed by atoms with Crippen LogP contribution in [0.2, 0.25) is 5.02 Å². The molecule has 0 aliphatic heterocycles. The zero-order valence-corrected chi connectivity index (χ0v) is 16.1. The molecule has 0 saturated heterocycles. The van der Waals surface area contributed by atoms with E-state index in [1.807, 2.05) is 0 Å². The van der Waals surface area contributed by atoms with Crippen LogP contribution in [0.5, 0.6) is 0 Å². The lowest BCUT2D eigenvalue weighted by Crippen LogP contribution is -2.16. The molecular weight excluding hydrogens is 398 g/mol. The number of rotatable bonds is 6. The summed E-state index contributed by atoms with van der Waals surface area (Å²) in [6, 6.07) is 7.20. The monoisotopic (exact) mass is 413 g/mol. The van der Waals surface area contributed by atoms with Crippen molar-refractivity contribution in [3.63, 3.8) is 0 Å². The lowest BCUT2D eigenvalue weighted by atomic mass is 10.3. The maximum atomic E-state index is 13.0.